The minimum Gasteiger partial charge on any atom is -0.340 e. The zero-order valence-electron chi connectivity index (χ0n) is 14.6. The van der Waals surface area contributed by atoms with Gasteiger partial charge in [-0.2, -0.15) is 9.78 Å². The molecule has 1 amide bonds. The number of halogens is 2. The second kappa shape index (κ2) is 6.29. The summed E-state index contributed by atoms with van der Waals surface area (Å²) in [6.07, 6.45) is 3.18. The fourth-order valence-electron chi connectivity index (χ4n) is 3.70. The van der Waals surface area contributed by atoms with E-state index in [1.807, 2.05) is 6.92 Å². The van der Waals surface area contributed by atoms with Crippen LogP contribution in [0.3, 0.4) is 0 Å². The van der Waals surface area contributed by atoms with Crippen molar-refractivity contribution >= 4 is 46.1 Å². The Morgan fingerprint density at radius 3 is 2.71 bits per heavy atom. The van der Waals surface area contributed by atoms with Crippen LogP contribution in [0.25, 0.3) is 17.0 Å². The van der Waals surface area contributed by atoms with Crippen LogP contribution in [-0.2, 0) is 4.79 Å². The lowest BCUT2D eigenvalue weighted by atomic mass is 9.85. The van der Waals surface area contributed by atoms with E-state index >= 15 is 0 Å². The molecule has 28 heavy (non-hydrogen) atoms. The van der Waals surface area contributed by atoms with E-state index in [2.05, 4.69) is 30.4 Å². The number of H-pyrrole nitrogens is 1. The van der Waals surface area contributed by atoms with Crippen molar-refractivity contribution in [3.8, 4) is 5.82 Å². The Labute approximate surface area is 168 Å². The maximum absolute atomic E-state index is 12.5. The maximum Gasteiger partial charge on any atom is 0.226 e. The van der Waals surface area contributed by atoms with Crippen molar-refractivity contribution in [1.29, 1.82) is 0 Å². The van der Waals surface area contributed by atoms with E-state index < -0.39 is 0 Å². The normalized spacial score (nSPS) is 16.2. The number of anilines is 1. The third-order valence-corrected chi connectivity index (χ3v) is 5.51. The smallest absolute Gasteiger partial charge is 0.226 e. The summed E-state index contributed by atoms with van der Waals surface area (Å²) in [6, 6.07) is 5.32. The fourth-order valence-corrected chi connectivity index (χ4v) is 4.36. The number of carbonyl (C=O) groups is 1. The molecule has 2 N–H and O–H groups in total. The summed E-state index contributed by atoms with van der Waals surface area (Å²) in [5.41, 5.74) is 3.47. The highest BCUT2D eigenvalue weighted by Gasteiger charge is 2.35. The van der Waals surface area contributed by atoms with E-state index in [9.17, 15) is 4.79 Å². The van der Waals surface area contributed by atoms with Crippen molar-refractivity contribution in [3.63, 3.8) is 0 Å². The number of hydrogen-bond acceptors (Lipinski definition) is 5. The van der Waals surface area contributed by atoms with Crippen LogP contribution >= 0.6 is 23.2 Å². The van der Waals surface area contributed by atoms with E-state index in [-0.39, 0.29) is 18.2 Å². The van der Waals surface area contributed by atoms with Gasteiger partial charge in [0.2, 0.25) is 5.91 Å². The molecule has 0 fully saturated rings. The SMILES string of the molecule is Cc1nn(-c2ncnc3nc[nH]c23)c2c1C(c1c(Cl)cccc1Cl)CC(=O)N2. The van der Waals surface area contributed by atoms with Crippen LogP contribution in [0.5, 0.6) is 0 Å². The molecule has 5 rings (SSSR count). The average Bonchev–Trinajstić information content (AvgIpc) is 3.26. The first-order valence-corrected chi connectivity index (χ1v) is 9.28. The van der Waals surface area contributed by atoms with E-state index in [0.717, 1.165) is 16.8 Å². The van der Waals surface area contributed by atoms with Gasteiger partial charge in [-0.15, -0.1) is 0 Å². The van der Waals surface area contributed by atoms with Crippen molar-refractivity contribution < 1.29 is 4.79 Å². The van der Waals surface area contributed by atoms with Crippen LogP contribution in [0.15, 0.2) is 30.9 Å². The Bertz CT molecular complexity index is 1230. The summed E-state index contributed by atoms with van der Waals surface area (Å²) < 4.78 is 1.60. The van der Waals surface area contributed by atoms with Gasteiger partial charge in [0.1, 0.15) is 17.7 Å². The summed E-state index contributed by atoms with van der Waals surface area (Å²) >= 11 is 12.9. The summed E-state index contributed by atoms with van der Waals surface area (Å²) in [6.45, 7) is 1.88. The number of fused-ring (bicyclic) bond motifs is 2. The molecule has 4 aromatic rings. The standard InChI is InChI=1S/C18H13Cl2N7O/c1-8-13-9(14-10(19)3-2-4-11(14)20)5-12(28)25-17(13)27(26-8)18-15-16(22-6-21-15)23-7-24-18/h2-4,6-7,9H,5H2,1H3,(H,25,28)(H,21,22,23,24). The molecule has 10 heteroatoms. The topological polar surface area (TPSA) is 101 Å². The number of hydrogen-bond donors (Lipinski definition) is 2. The minimum absolute atomic E-state index is 0.149. The zero-order valence-corrected chi connectivity index (χ0v) is 16.1. The van der Waals surface area contributed by atoms with Crippen molar-refractivity contribution in [3.05, 3.63) is 57.7 Å². The van der Waals surface area contributed by atoms with Gasteiger partial charge in [-0.3, -0.25) is 4.79 Å². The summed E-state index contributed by atoms with van der Waals surface area (Å²) in [5, 5.41) is 8.60. The number of imidazole rings is 1. The van der Waals surface area contributed by atoms with Gasteiger partial charge in [0.25, 0.3) is 0 Å². The number of nitrogens with one attached hydrogen (secondary N) is 2. The molecular weight excluding hydrogens is 401 g/mol. The van der Waals surface area contributed by atoms with Crippen molar-refractivity contribution in [1.82, 2.24) is 29.7 Å². The maximum atomic E-state index is 12.5. The highest BCUT2D eigenvalue weighted by atomic mass is 35.5. The summed E-state index contributed by atoms with van der Waals surface area (Å²) in [7, 11) is 0. The van der Waals surface area contributed by atoms with Crippen molar-refractivity contribution in [2.24, 2.45) is 0 Å². The van der Waals surface area contributed by atoms with Crippen molar-refractivity contribution in [2.45, 2.75) is 19.3 Å². The number of aromatic nitrogens is 6. The number of rotatable bonds is 2. The molecule has 0 radical (unpaired) electrons. The number of aromatic amines is 1. The Morgan fingerprint density at radius 2 is 1.93 bits per heavy atom. The Hall–Kier alpha value is -2.97. The molecular formula is C18H13Cl2N7O. The lowest BCUT2D eigenvalue weighted by Crippen LogP contribution is -2.25. The van der Waals surface area contributed by atoms with E-state index in [4.69, 9.17) is 23.2 Å². The Balaban J connectivity index is 1.76. The zero-order chi connectivity index (χ0) is 19.4. The van der Waals surface area contributed by atoms with Gasteiger partial charge in [0.05, 0.1) is 12.0 Å². The van der Waals surface area contributed by atoms with Crippen LogP contribution < -0.4 is 5.32 Å². The lowest BCUT2D eigenvalue weighted by Gasteiger charge is -2.25. The van der Waals surface area contributed by atoms with Gasteiger partial charge >= 0.3 is 0 Å². The van der Waals surface area contributed by atoms with Gasteiger partial charge in [-0.1, -0.05) is 29.3 Å². The highest BCUT2D eigenvalue weighted by molar-refractivity contribution is 6.36. The second-order valence-corrected chi connectivity index (χ2v) is 7.31. The minimum atomic E-state index is -0.308. The molecule has 0 bridgehead atoms. The molecule has 0 saturated heterocycles. The van der Waals surface area contributed by atoms with Gasteiger partial charge in [0, 0.05) is 27.9 Å². The Morgan fingerprint density at radius 1 is 1.14 bits per heavy atom. The van der Waals surface area contributed by atoms with E-state index in [1.165, 1.54) is 12.7 Å². The number of carbonyl (C=O) groups excluding carboxylic acids is 1. The van der Waals surface area contributed by atoms with E-state index in [1.54, 1.807) is 22.9 Å². The monoisotopic (exact) mass is 413 g/mol. The number of benzene rings is 1. The van der Waals surface area contributed by atoms with Gasteiger partial charge < -0.3 is 10.3 Å². The van der Waals surface area contributed by atoms with Crippen LogP contribution in [0.1, 0.15) is 29.2 Å². The van der Waals surface area contributed by atoms with Crippen LogP contribution in [0, 0.1) is 6.92 Å². The number of amides is 1. The number of nitrogens with zero attached hydrogens (tertiary/aromatic N) is 5. The highest BCUT2D eigenvalue weighted by Crippen LogP contribution is 2.44. The molecule has 1 unspecified atom stereocenters. The first kappa shape index (κ1) is 17.2. The second-order valence-electron chi connectivity index (χ2n) is 6.50. The van der Waals surface area contributed by atoms with Crippen LogP contribution in [-0.4, -0.2) is 35.6 Å². The van der Waals surface area contributed by atoms with Crippen LogP contribution in [0.4, 0.5) is 5.82 Å². The van der Waals surface area contributed by atoms with E-state index in [0.29, 0.717) is 32.8 Å². The molecule has 140 valence electrons. The summed E-state index contributed by atoms with van der Waals surface area (Å²) in [4.78, 5) is 28.2. The largest absolute Gasteiger partial charge is 0.340 e. The Kier molecular flexibility index (Phi) is 3.85. The quantitative estimate of drug-likeness (QED) is 0.522. The molecule has 1 aliphatic heterocycles. The molecule has 4 heterocycles. The fraction of sp³-hybridized carbons (Fsp3) is 0.167. The molecule has 0 aliphatic carbocycles. The first-order valence-electron chi connectivity index (χ1n) is 8.52. The van der Waals surface area contributed by atoms with Gasteiger partial charge in [0.15, 0.2) is 11.5 Å². The average molecular weight is 414 g/mol. The molecule has 8 nitrogen and oxygen atoms in total. The first-order chi connectivity index (χ1) is 13.5. The van der Waals surface area contributed by atoms with Gasteiger partial charge in [-0.05, 0) is 24.6 Å². The lowest BCUT2D eigenvalue weighted by molar-refractivity contribution is -0.116. The molecule has 0 spiro atoms. The predicted molar refractivity (Wildman–Crippen MR) is 105 cm³/mol. The molecule has 3 aromatic heterocycles. The molecule has 1 atom stereocenters. The number of aryl methyl sites for hydroxylation is 1. The van der Waals surface area contributed by atoms with Gasteiger partial charge in [-0.25, -0.2) is 15.0 Å². The molecule has 0 saturated carbocycles. The third kappa shape index (κ3) is 2.49. The summed E-state index contributed by atoms with van der Waals surface area (Å²) in [5.74, 6) is 0.588. The predicted octanol–water partition coefficient (Wildman–Crippen LogP) is 3.63. The molecule has 1 aromatic carbocycles. The van der Waals surface area contributed by atoms with Crippen LogP contribution in [0.2, 0.25) is 10.0 Å². The third-order valence-electron chi connectivity index (χ3n) is 4.85. The molecule has 1 aliphatic rings. The van der Waals surface area contributed by atoms with Crippen molar-refractivity contribution in [2.75, 3.05) is 5.32 Å².